The van der Waals surface area contributed by atoms with Crippen molar-refractivity contribution < 1.29 is 14.7 Å². The lowest BCUT2D eigenvalue weighted by Gasteiger charge is -2.54. The third-order valence-corrected chi connectivity index (χ3v) is 6.02. The smallest absolute Gasteiger partial charge is 0.304 e. The van der Waals surface area contributed by atoms with Crippen molar-refractivity contribution in [1.82, 2.24) is 4.90 Å². The molecule has 154 valence electrons. The van der Waals surface area contributed by atoms with Gasteiger partial charge in [-0.05, 0) is 55.7 Å². The number of halogens is 2. The monoisotopic (exact) mass is 434 g/mol. The first kappa shape index (κ1) is 21.6. The number of carbonyl (C=O) groups is 2. The van der Waals surface area contributed by atoms with E-state index in [0.717, 1.165) is 11.1 Å². The summed E-state index contributed by atoms with van der Waals surface area (Å²) < 4.78 is 0. The second kappa shape index (κ2) is 8.34. The predicted octanol–water partition coefficient (Wildman–Crippen LogP) is 4.62. The number of nitrogens with zero attached hydrogens (tertiary/aromatic N) is 1. The maximum atomic E-state index is 13.3. The molecule has 0 saturated carbocycles. The Morgan fingerprint density at radius 3 is 2.41 bits per heavy atom. The lowest BCUT2D eigenvalue weighted by Crippen LogP contribution is -2.66. The average Bonchev–Trinajstić information content (AvgIpc) is 2.64. The lowest BCUT2D eigenvalue weighted by atomic mass is 9.70. The van der Waals surface area contributed by atoms with Gasteiger partial charge in [0.25, 0.3) is 0 Å². The van der Waals surface area contributed by atoms with E-state index in [1.165, 1.54) is 0 Å². The number of aliphatic carboxylic acids is 1. The quantitative estimate of drug-likeness (QED) is 0.718. The second-order valence-electron chi connectivity index (χ2n) is 7.77. The Bertz CT molecular complexity index is 917. The van der Waals surface area contributed by atoms with Crippen molar-refractivity contribution in [3.05, 3.63) is 69.7 Å². The maximum absolute atomic E-state index is 13.3. The van der Waals surface area contributed by atoms with Gasteiger partial charge in [-0.3, -0.25) is 9.59 Å². The standard InChI is InChI=1S/C22H24Cl2N2O3/c1-13(2)26-21(29)15(12-20(27)28)11-19(14-4-3-5-18(24)10-14)22(26,25)16-6-8-17(23)9-7-16/h3-10,13,15,19H,11-12,25H2,1-2H3,(H,27,28)/t15-,19+,22+/m0/s1. The molecule has 1 amide bonds. The Labute approximate surface area is 180 Å². The first-order chi connectivity index (χ1) is 13.6. The van der Waals surface area contributed by atoms with Crippen LogP contribution in [-0.4, -0.2) is 27.9 Å². The number of amides is 1. The molecule has 7 heteroatoms. The lowest BCUT2D eigenvalue weighted by molar-refractivity contribution is -0.158. The van der Waals surface area contributed by atoms with Gasteiger partial charge >= 0.3 is 5.97 Å². The number of carboxylic acids is 1. The molecule has 0 spiro atoms. The molecule has 0 bridgehead atoms. The van der Waals surface area contributed by atoms with Gasteiger partial charge in [0, 0.05) is 27.9 Å². The second-order valence-corrected chi connectivity index (χ2v) is 8.65. The van der Waals surface area contributed by atoms with E-state index in [1.807, 2.05) is 44.2 Å². The van der Waals surface area contributed by atoms with Gasteiger partial charge < -0.3 is 15.7 Å². The van der Waals surface area contributed by atoms with Crippen molar-refractivity contribution in [2.24, 2.45) is 11.7 Å². The number of carboxylic acid groups (broad SMARTS) is 1. The van der Waals surface area contributed by atoms with E-state index in [1.54, 1.807) is 23.1 Å². The zero-order valence-corrected chi connectivity index (χ0v) is 17.8. The van der Waals surface area contributed by atoms with Crippen LogP contribution in [0.25, 0.3) is 0 Å². The summed E-state index contributed by atoms with van der Waals surface area (Å²) >= 11 is 12.3. The number of rotatable bonds is 5. The Balaban J connectivity index is 2.21. The Morgan fingerprint density at radius 1 is 1.21 bits per heavy atom. The highest BCUT2D eigenvalue weighted by atomic mass is 35.5. The molecule has 1 aliphatic rings. The predicted molar refractivity (Wildman–Crippen MR) is 114 cm³/mol. The highest BCUT2D eigenvalue weighted by Crippen LogP contribution is 2.48. The van der Waals surface area contributed by atoms with Crippen LogP contribution < -0.4 is 5.73 Å². The number of hydrogen-bond donors (Lipinski definition) is 2. The molecular formula is C22H24Cl2N2O3. The van der Waals surface area contributed by atoms with Gasteiger partial charge in [0.1, 0.15) is 5.66 Å². The molecule has 0 radical (unpaired) electrons. The third-order valence-electron chi connectivity index (χ3n) is 5.53. The van der Waals surface area contributed by atoms with E-state index < -0.39 is 17.6 Å². The minimum absolute atomic E-state index is 0.235. The topological polar surface area (TPSA) is 83.6 Å². The summed E-state index contributed by atoms with van der Waals surface area (Å²) in [5.74, 6) is -2.26. The zero-order chi connectivity index (χ0) is 21.3. The first-order valence-electron chi connectivity index (χ1n) is 9.50. The summed E-state index contributed by atoms with van der Waals surface area (Å²) in [6, 6.07) is 14.2. The normalized spacial score (nSPS) is 24.8. The Hall–Kier alpha value is -2.08. The number of piperidine rings is 1. The maximum Gasteiger partial charge on any atom is 0.304 e. The molecule has 3 N–H and O–H groups in total. The number of likely N-dealkylation sites (tertiary alicyclic amines) is 1. The molecule has 29 heavy (non-hydrogen) atoms. The van der Waals surface area contributed by atoms with Crippen LogP contribution in [0.5, 0.6) is 0 Å². The van der Waals surface area contributed by atoms with Crippen LogP contribution in [0.15, 0.2) is 48.5 Å². The highest BCUT2D eigenvalue weighted by molar-refractivity contribution is 6.30. The molecule has 5 nitrogen and oxygen atoms in total. The van der Waals surface area contributed by atoms with E-state index >= 15 is 0 Å². The molecule has 0 aliphatic carbocycles. The largest absolute Gasteiger partial charge is 0.481 e. The molecule has 2 aromatic carbocycles. The molecule has 2 aromatic rings. The summed E-state index contributed by atoms with van der Waals surface area (Å²) in [6.07, 6.45) is 0.0731. The fraction of sp³-hybridized carbons (Fsp3) is 0.364. The number of carbonyl (C=O) groups excluding carboxylic acids is 1. The summed E-state index contributed by atoms with van der Waals surface area (Å²) in [5.41, 5.74) is 7.49. The molecule has 1 fully saturated rings. The van der Waals surface area contributed by atoms with Gasteiger partial charge in [0.05, 0.1) is 6.42 Å². The molecule has 0 aromatic heterocycles. The molecule has 0 unspecified atom stereocenters. The SMILES string of the molecule is CC(C)N1C(=O)[C@H](CC(=O)O)C[C@H](c2cccc(Cl)c2)[C@@]1(N)c1ccc(Cl)cc1. The van der Waals surface area contributed by atoms with Crippen LogP contribution in [0, 0.1) is 5.92 Å². The van der Waals surface area contributed by atoms with Gasteiger partial charge in [0.15, 0.2) is 0 Å². The summed E-state index contributed by atoms with van der Waals surface area (Å²) in [6.45, 7) is 3.77. The molecule has 1 aliphatic heterocycles. The average molecular weight is 435 g/mol. The molecule has 1 saturated heterocycles. The molecule has 1 heterocycles. The van der Waals surface area contributed by atoms with E-state index in [-0.39, 0.29) is 24.3 Å². The Kier molecular flexibility index (Phi) is 6.22. The fourth-order valence-corrected chi connectivity index (χ4v) is 4.67. The van der Waals surface area contributed by atoms with E-state index in [2.05, 4.69) is 0 Å². The van der Waals surface area contributed by atoms with Crippen molar-refractivity contribution in [2.45, 2.75) is 44.3 Å². The van der Waals surface area contributed by atoms with Gasteiger partial charge in [0.2, 0.25) is 5.91 Å². The van der Waals surface area contributed by atoms with Crippen molar-refractivity contribution in [3.8, 4) is 0 Å². The number of benzene rings is 2. The van der Waals surface area contributed by atoms with Crippen molar-refractivity contribution in [2.75, 3.05) is 0 Å². The number of hydrogen-bond acceptors (Lipinski definition) is 3. The van der Waals surface area contributed by atoms with Gasteiger partial charge in [-0.25, -0.2) is 0 Å². The highest BCUT2D eigenvalue weighted by Gasteiger charge is 2.53. The van der Waals surface area contributed by atoms with Crippen LogP contribution >= 0.6 is 23.2 Å². The van der Waals surface area contributed by atoms with E-state index in [9.17, 15) is 14.7 Å². The summed E-state index contributed by atoms with van der Waals surface area (Å²) in [7, 11) is 0. The molecular weight excluding hydrogens is 411 g/mol. The van der Waals surface area contributed by atoms with Gasteiger partial charge in [-0.15, -0.1) is 0 Å². The van der Waals surface area contributed by atoms with Crippen LogP contribution in [-0.2, 0) is 15.3 Å². The van der Waals surface area contributed by atoms with Crippen molar-refractivity contribution in [1.29, 1.82) is 0 Å². The first-order valence-corrected chi connectivity index (χ1v) is 10.3. The summed E-state index contributed by atoms with van der Waals surface area (Å²) in [5, 5.41) is 10.5. The number of nitrogens with two attached hydrogens (primary N) is 1. The van der Waals surface area contributed by atoms with Crippen LogP contribution in [0.4, 0.5) is 0 Å². The minimum Gasteiger partial charge on any atom is -0.481 e. The van der Waals surface area contributed by atoms with Crippen LogP contribution in [0.2, 0.25) is 10.0 Å². The van der Waals surface area contributed by atoms with Crippen LogP contribution in [0.1, 0.15) is 43.7 Å². The van der Waals surface area contributed by atoms with Gasteiger partial charge in [-0.2, -0.15) is 0 Å². The minimum atomic E-state index is -1.17. The fourth-order valence-electron chi connectivity index (χ4n) is 4.35. The molecule has 3 atom stereocenters. The molecule has 3 rings (SSSR count). The van der Waals surface area contributed by atoms with Crippen molar-refractivity contribution >= 4 is 35.1 Å². The van der Waals surface area contributed by atoms with Crippen LogP contribution in [0.3, 0.4) is 0 Å². The Morgan fingerprint density at radius 2 is 1.86 bits per heavy atom. The third kappa shape index (κ3) is 4.13. The zero-order valence-electron chi connectivity index (χ0n) is 16.3. The summed E-state index contributed by atoms with van der Waals surface area (Å²) in [4.78, 5) is 26.4. The van der Waals surface area contributed by atoms with Gasteiger partial charge in [-0.1, -0.05) is 47.5 Å². The van der Waals surface area contributed by atoms with Crippen molar-refractivity contribution in [3.63, 3.8) is 0 Å². The van der Waals surface area contributed by atoms with E-state index in [0.29, 0.717) is 16.5 Å². The van der Waals surface area contributed by atoms with E-state index in [4.69, 9.17) is 28.9 Å².